The molecule has 4 rings (SSSR count). The van der Waals surface area contributed by atoms with Crippen molar-refractivity contribution in [2.24, 2.45) is 0 Å². The van der Waals surface area contributed by atoms with Crippen LogP contribution < -0.4 is 4.90 Å². The Kier molecular flexibility index (Phi) is 7.29. The maximum atomic E-state index is 10.2. The molecule has 4 nitrogen and oxygen atoms in total. The Morgan fingerprint density at radius 3 is 2.42 bits per heavy atom. The number of rotatable bonds is 6. The molecule has 2 fully saturated rings. The molecule has 1 aliphatic heterocycles. The number of hydrogen-bond donors (Lipinski definition) is 0. The molecule has 33 heavy (non-hydrogen) atoms. The molecule has 0 radical (unpaired) electrons. The van der Waals surface area contributed by atoms with Crippen LogP contribution in [0.1, 0.15) is 56.2 Å². The highest BCUT2D eigenvalue weighted by molar-refractivity contribution is 5.77. The Hall–Kier alpha value is -3.32. The molecule has 0 unspecified atom stereocenters. The van der Waals surface area contributed by atoms with Gasteiger partial charge in [-0.05, 0) is 37.0 Å². The van der Waals surface area contributed by atoms with Crippen molar-refractivity contribution in [1.82, 2.24) is 9.88 Å². The second-order valence-corrected chi connectivity index (χ2v) is 9.11. The molecule has 0 bridgehead atoms. The molecule has 0 atom stereocenters. The first kappa shape index (κ1) is 22.9. The zero-order valence-electron chi connectivity index (χ0n) is 19.8. The number of nitrogens with zero attached hydrogens (tertiary/aromatic N) is 4. The molecule has 1 aromatic heterocycles. The Bertz CT molecular complexity index is 1060. The van der Waals surface area contributed by atoms with E-state index in [0.29, 0.717) is 11.5 Å². The smallest absolute Gasteiger partial charge is 0.147 e. The third-order valence-electron chi connectivity index (χ3n) is 7.02. The zero-order valence-corrected chi connectivity index (χ0v) is 19.8. The van der Waals surface area contributed by atoms with Crippen LogP contribution in [0.4, 0.5) is 5.82 Å². The van der Waals surface area contributed by atoms with Gasteiger partial charge in [-0.15, -0.1) is 0 Å². The summed E-state index contributed by atoms with van der Waals surface area (Å²) in [5.74, 6) is 1.34. The topological polar surface area (TPSA) is 43.2 Å². The van der Waals surface area contributed by atoms with Crippen molar-refractivity contribution in [2.75, 3.05) is 31.1 Å². The summed E-state index contributed by atoms with van der Waals surface area (Å²) in [6, 6.07) is 15.0. The molecule has 0 spiro atoms. The SMILES string of the molecule is C=C/C=C(\C)C(=C)N1CCN(c2nc(C3CCCCC3)cc(-c3ccccc3)c2C#N)CC1. The molecule has 170 valence electrons. The van der Waals surface area contributed by atoms with Gasteiger partial charge in [-0.3, -0.25) is 0 Å². The second-order valence-electron chi connectivity index (χ2n) is 9.11. The molecule has 2 aliphatic rings. The fraction of sp³-hybridized carbons (Fsp3) is 0.379. The third-order valence-corrected chi connectivity index (χ3v) is 7.02. The van der Waals surface area contributed by atoms with Gasteiger partial charge in [0.1, 0.15) is 17.5 Å². The number of allylic oxidation sites excluding steroid dienone is 3. The van der Waals surface area contributed by atoms with Crippen LogP contribution in [0.15, 0.2) is 73.0 Å². The molecule has 0 N–H and O–H groups in total. The van der Waals surface area contributed by atoms with Crippen molar-refractivity contribution in [3.05, 3.63) is 84.2 Å². The second kappa shape index (κ2) is 10.5. The molecule has 2 aromatic rings. The highest BCUT2D eigenvalue weighted by Crippen LogP contribution is 2.38. The lowest BCUT2D eigenvalue weighted by Crippen LogP contribution is -2.46. The number of hydrogen-bond acceptors (Lipinski definition) is 4. The average molecular weight is 439 g/mol. The summed E-state index contributed by atoms with van der Waals surface area (Å²) < 4.78 is 0. The van der Waals surface area contributed by atoms with Gasteiger partial charge in [0.2, 0.25) is 0 Å². The van der Waals surface area contributed by atoms with Crippen LogP contribution in [0.5, 0.6) is 0 Å². The van der Waals surface area contributed by atoms with Crippen LogP contribution in [0.2, 0.25) is 0 Å². The van der Waals surface area contributed by atoms with Gasteiger partial charge < -0.3 is 9.80 Å². The summed E-state index contributed by atoms with van der Waals surface area (Å²) in [7, 11) is 0. The van der Waals surface area contributed by atoms with Gasteiger partial charge in [0, 0.05) is 49.1 Å². The van der Waals surface area contributed by atoms with Gasteiger partial charge in [0.05, 0.1) is 0 Å². The highest BCUT2D eigenvalue weighted by Gasteiger charge is 2.26. The average Bonchev–Trinajstić information content (AvgIpc) is 2.88. The molecule has 2 heterocycles. The Labute approximate surface area is 198 Å². The van der Waals surface area contributed by atoms with Crippen LogP contribution >= 0.6 is 0 Å². The van der Waals surface area contributed by atoms with Crippen LogP contribution in [0.25, 0.3) is 11.1 Å². The summed E-state index contributed by atoms with van der Waals surface area (Å²) in [4.78, 5) is 9.77. The number of nitriles is 1. The summed E-state index contributed by atoms with van der Waals surface area (Å²) in [6.07, 6.45) is 10.0. The van der Waals surface area contributed by atoms with Crippen molar-refractivity contribution in [1.29, 1.82) is 5.26 Å². The molecule has 1 aromatic carbocycles. The minimum atomic E-state index is 0.487. The van der Waals surface area contributed by atoms with E-state index in [0.717, 1.165) is 60.1 Å². The molecule has 0 amide bonds. The van der Waals surface area contributed by atoms with E-state index >= 15 is 0 Å². The van der Waals surface area contributed by atoms with Gasteiger partial charge in [0.25, 0.3) is 0 Å². The summed E-state index contributed by atoms with van der Waals surface area (Å²) in [5.41, 5.74) is 6.13. The Balaban J connectivity index is 1.67. The first-order valence-corrected chi connectivity index (χ1v) is 12.1. The molecular weight excluding hydrogens is 404 g/mol. The molecule has 1 aliphatic carbocycles. The van der Waals surface area contributed by atoms with E-state index in [4.69, 9.17) is 4.98 Å². The number of anilines is 1. The molecular formula is C29H34N4. The predicted octanol–water partition coefficient (Wildman–Crippen LogP) is 6.44. The Morgan fingerprint density at radius 1 is 1.09 bits per heavy atom. The minimum Gasteiger partial charge on any atom is -0.368 e. The number of benzene rings is 1. The van der Waals surface area contributed by atoms with Crippen LogP contribution in [0.3, 0.4) is 0 Å². The number of aromatic nitrogens is 1. The molecule has 1 saturated carbocycles. The molecule has 4 heteroatoms. The largest absolute Gasteiger partial charge is 0.368 e. The van der Waals surface area contributed by atoms with Crippen molar-refractivity contribution >= 4 is 5.82 Å². The van der Waals surface area contributed by atoms with Crippen molar-refractivity contribution in [3.63, 3.8) is 0 Å². The van der Waals surface area contributed by atoms with Crippen molar-refractivity contribution < 1.29 is 0 Å². The minimum absolute atomic E-state index is 0.487. The van der Waals surface area contributed by atoms with Gasteiger partial charge in [0.15, 0.2) is 0 Å². The van der Waals surface area contributed by atoms with E-state index in [1.807, 2.05) is 30.4 Å². The zero-order chi connectivity index (χ0) is 23.2. The van der Waals surface area contributed by atoms with Gasteiger partial charge in [-0.2, -0.15) is 5.26 Å². The summed E-state index contributed by atoms with van der Waals surface area (Å²) in [5, 5.41) is 10.2. The highest BCUT2D eigenvalue weighted by atomic mass is 15.3. The van der Waals surface area contributed by atoms with Crippen LogP contribution in [-0.4, -0.2) is 36.1 Å². The summed E-state index contributed by atoms with van der Waals surface area (Å²) >= 11 is 0. The lowest BCUT2D eigenvalue weighted by Gasteiger charge is -2.38. The van der Waals surface area contributed by atoms with E-state index in [1.54, 1.807) is 0 Å². The third kappa shape index (κ3) is 5.03. The van der Waals surface area contributed by atoms with Gasteiger partial charge in [-0.1, -0.05) is 74.9 Å². The number of piperazine rings is 1. The standard InChI is InChI=1S/C29H34N4/c1-4-11-22(2)23(3)32-16-18-33(19-17-32)29-27(21-30)26(24-12-7-5-8-13-24)20-28(31-29)25-14-9-6-10-15-25/h4-5,7-8,11-13,20,25H,1,3,6,9-10,14-19H2,2H3/b22-11+. The van der Waals surface area contributed by atoms with Crippen LogP contribution in [-0.2, 0) is 0 Å². The first-order chi connectivity index (χ1) is 16.1. The van der Waals surface area contributed by atoms with Gasteiger partial charge in [-0.25, -0.2) is 4.98 Å². The lowest BCUT2D eigenvalue weighted by atomic mass is 9.85. The summed E-state index contributed by atoms with van der Waals surface area (Å²) in [6.45, 7) is 13.5. The fourth-order valence-corrected chi connectivity index (χ4v) is 5.05. The van der Waals surface area contributed by atoms with Crippen molar-refractivity contribution in [2.45, 2.75) is 44.9 Å². The normalized spacial score (nSPS) is 17.5. The van der Waals surface area contributed by atoms with E-state index in [1.165, 1.54) is 32.1 Å². The maximum absolute atomic E-state index is 10.2. The predicted molar refractivity (Wildman–Crippen MR) is 137 cm³/mol. The van der Waals surface area contributed by atoms with Gasteiger partial charge >= 0.3 is 0 Å². The van der Waals surface area contributed by atoms with Crippen LogP contribution in [0, 0.1) is 11.3 Å². The maximum Gasteiger partial charge on any atom is 0.147 e. The van der Waals surface area contributed by atoms with E-state index in [2.05, 4.69) is 54.1 Å². The first-order valence-electron chi connectivity index (χ1n) is 12.1. The lowest BCUT2D eigenvalue weighted by molar-refractivity contribution is 0.326. The number of pyridine rings is 1. The van der Waals surface area contributed by atoms with E-state index in [-0.39, 0.29) is 0 Å². The molecule has 1 saturated heterocycles. The van der Waals surface area contributed by atoms with E-state index in [9.17, 15) is 5.26 Å². The monoisotopic (exact) mass is 438 g/mol. The Morgan fingerprint density at radius 2 is 1.79 bits per heavy atom. The van der Waals surface area contributed by atoms with Crippen molar-refractivity contribution in [3.8, 4) is 17.2 Å². The quantitative estimate of drug-likeness (QED) is 0.487. The fourth-order valence-electron chi connectivity index (χ4n) is 5.05. The van der Waals surface area contributed by atoms with E-state index < -0.39 is 0 Å².